The molecule has 6 heteroatoms. The van der Waals surface area contributed by atoms with Crippen molar-refractivity contribution in [1.29, 1.82) is 0 Å². The zero-order chi connectivity index (χ0) is 13.8. The first-order valence-corrected chi connectivity index (χ1v) is 7.41. The summed E-state index contributed by atoms with van der Waals surface area (Å²) in [4.78, 5) is 27.4. The molecule has 0 aliphatic heterocycles. The molecular formula is C13H18N2O3S. The Morgan fingerprint density at radius 1 is 1.58 bits per heavy atom. The Hall–Kier alpha value is -1.43. The summed E-state index contributed by atoms with van der Waals surface area (Å²) >= 11 is 1.13. The Bertz CT molecular complexity index is 468. The lowest BCUT2D eigenvalue weighted by Gasteiger charge is -2.11. The number of nitrogens with one attached hydrogen (secondary N) is 1. The van der Waals surface area contributed by atoms with E-state index in [4.69, 9.17) is 4.74 Å². The van der Waals surface area contributed by atoms with Gasteiger partial charge in [0, 0.05) is 11.4 Å². The Morgan fingerprint density at radius 2 is 2.32 bits per heavy atom. The molecule has 0 bridgehead atoms. The molecule has 1 aromatic heterocycles. The second-order valence-corrected chi connectivity index (χ2v) is 5.67. The fourth-order valence-electron chi connectivity index (χ4n) is 1.87. The fourth-order valence-corrected chi connectivity index (χ4v) is 2.56. The molecule has 0 spiro atoms. The van der Waals surface area contributed by atoms with Gasteiger partial charge in [0.1, 0.15) is 5.69 Å². The van der Waals surface area contributed by atoms with Crippen LogP contribution in [-0.4, -0.2) is 29.5 Å². The van der Waals surface area contributed by atoms with Crippen molar-refractivity contribution in [2.45, 2.75) is 39.2 Å². The van der Waals surface area contributed by atoms with Crippen molar-refractivity contribution in [1.82, 2.24) is 10.3 Å². The third-order valence-electron chi connectivity index (χ3n) is 2.95. The number of hydrogen-bond acceptors (Lipinski definition) is 5. The van der Waals surface area contributed by atoms with Crippen LogP contribution in [0.4, 0.5) is 0 Å². The maximum atomic E-state index is 11.9. The lowest BCUT2D eigenvalue weighted by atomic mass is 10.1. The van der Waals surface area contributed by atoms with Crippen molar-refractivity contribution in [2.24, 2.45) is 5.92 Å². The topological polar surface area (TPSA) is 68.3 Å². The summed E-state index contributed by atoms with van der Waals surface area (Å²) < 4.78 is 4.84. The third-order valence-corrected chi connectivity index (χ3v) is 3.77. The average Bonchev–Trinajstić information content (AvgIpc) is 3.02. The second kappa shape index (κ2) is 6.14. The lowest BCUT2D eigenvalue weighted by Crippen LogP contribution is -2.33. The average molecular weight is 282 g/mol. The van der Waals surface area contributed by atoms with E-state index in [0.717, 1.165) is 23.7 Å². The van der Waals surface area contributed by atoms with Gasteiger partial charge in [-0.3, -0.25) is 4.79 Å². The quantitative estimate of drug-likeness (QED) is 0.812. The van der Waals surface area contributed by atoms with E-state index >= 15 is 0 Å². The molecule has 1 unspecified atom stereocenters. The molecule has 1 heterocycles. The van der Waals surface area contributed by atoms with E-state index in [1.807, 2.05) is 6.92 Å². The van der Waals surface area contributed by atoms with E-state index in [9.17, 15) is 9.59 Å². The van der Waals surface area contributed by atoms with E-state index in [-0.39, 0.29) is 22.7 Å². The minimum atomic E-state index is -0.474. The monoisotopic (exact) mass is 282 g/mol. The number of esters is 1. The van der Waals surface area contributed by atoms with Crippen LogP contribution in [0.3, 0.4) is 0 Å². The van der Waals surface area contributed by atoms with Gasteiger partial charge < -0.3 is 10.1 Å². The SMILES string of the molecule is CCOC(=O)c1nc(C(=O)NC(C)CC2CC2)cs1. The zero-order valence-electron chi connectivity index (χ0n) is 11.1. The highest BCUT2D eigenvalue weighted by Gasteiger charge is 2.25. The van der Waals surface area contributed by atoms with Crippen LogP contribution >= 0.6 is 11.3 Å². The number of carbonyl (C=O) groups excluding carboxylic acids is 2. The predicted molar refractivity (Wildman–Crippen MR) is 72.3 cm³/mol. The van der Waals surface area contributed by atoms with Crippen molar-refractivity contribution in [2.75, 3.05) is 6.61 Å². The van der Waals surface area contributed by atoms with E-state index in [1.165, 1.54) is 12.8 Å². The number of amides is 1. The molecule has 1 aromatic rings. The molecule has 1 saturated carbocycles. The highest BCUT2D eigenvalue weighted by Crippen LogP contribution is 2.33. The van der Waals surface area contributed by atoms with Gasteiger partial charge in [0.2, 0.25) is 5.01 Å². The first-order valence-electron chi connectivity index (χ1n) is 6.53. The van der Waals surface area contributed by atoms with Crippen LogP contribution in [0.5, 0.6) is 0 Å². The third kappa shape index (κ3) is 4.02. The summed E-state index contributed by atoms with van der Waals surface area (Å²) in [5.74, 6) is 0.0679. The zero-order valence-corrected chi connectivity index (χ0v) is 12.0. The van der Waals surface area contributed by atoms with Crippen molar-refractivity contribution in [3.05, 3.63) is 16.1 Å². The molecule has 2 rings (SSSR count). The molecule has 1 aliphatic rings. The summed E-state index contributed by atoms with van der Waals surface area (Å²) in [6.45, 7) is 4.03. The second-order valence-electron chi connectivity index (χ2n) is 4.81. The van der Waals surface area contributed by atoms with Crippen LogP contribution in [0.25, 0.3) is 0 Å². The summed E-state index contributed by atoms with van der Waals surface area (Å²) in [6, 6.07) is 0.146. The van der Waals surface area contributed by atoms with Gasteiger partial charge in [0.25, 0.3) is 5.91 Å². The molecule has 5 nitrogen and oxygen atoms in total. The van der Waals surface area contributed by atoms with Crippen LogP contribution in [0, 0.1) is 5.92 Å². The fraction of sp³-hybridized carbons (Fsp3) is 0.615. The Kier molecular flexibility index (Phi) is 4.52. The van der Waals surface area contributed by atoms with Crippen molar-refractivity contribution < 1.29 is 14.3 Å². The van der Waals surface area contributed by atoms with Crippen LogP contribution in [0.15, 0.2) is 5.38 Å². The van der Waals surface area contributed by atoms with Gasteiger partial charge in [-0.1, -0.05) is 12.8 Å². The number of hydrogen-bond donors (Lipinski definition) is 1. The Balaban J connectivity index is 1.89. The lowest BCUT2D eigenvalue weighted by molar-refractivity contribution is 0.0526. The van der Waals surface area contributed by atoms with Crippen molar-refractivity contribution >= 4 is 23.2 Å². The first-order chi connectivity index (χ1) is 9.10. The number of carbonyl (C=O) groups is 2. The molecule has 1 atom stereocenters. The number of thiazole rings is 1. The molecule has 0 aromatic carbocycles. The summed E-state index contributed by atoms with van der Waals surface area (Å²) in [7, 11) is 0. The molecule has 1 N–H and O–H groups in total. The van der Waals surface area contributed by atoms with Gasteiger partial charge in [-0.05, 0) is 26.2 Å². The molecule has 104 valence electrons. The van der Waals surface area contributed by atoms with E-state index < -0.39 is 5.97 Å². The molecule has 1 amide bonds. The van der Waals surface area contributed by atoms with Gasteiger partial charge >= 0.3 is 5.97 Å². The van der Waals surface area contributed by atoms with Gasteiger partial charge in [-0.2, -0.15) is 0 Å². The van der Waals surface area contributed by atoms with Gasteiger partial charge in [0.15, 0.2) is 0 Å². The maximum absolute atomic E-state index is 11.9. The van der Waals surface area contributed by atoms with E-state index in [0.29, 0.717) is 6.61 Å². The highest BCUT2D eigenvalue weighted by atomic mass is 32.1. The molecule has 1 aliphatic carbocycles. The van der Waals surface area contributed by atoms with Crippen LogP contribution in [0.2, 0.25) is 0 Å². The number of aromatic nitrogens is 1. The van der Waals surface area contributed by atoms with Crippen molar-refractivity contribution in [3.63, 3.8) is 0 Å². The first kappa shape index (κ1) is 14.0. The minimum Gasteiger partial charge on any atom is -0.461 e. The van der Waals surface area contributed by atoms with Gasteiger partial charge in [0.05, 0.1) is 6.61 Å². The smallest absolute Gasteiger partial charge is 0.367 e. The normalized spacial score (nSPS) is 15.9. The number of ether oxygens (including phenoxy) is 1. The summed E-state index contributed by atoms with van der Waals surface area (Å²) in [5.41, 5.74) is 0.288. The molecule has 1 fully saturated rings. The molecule has 0 saturated heterocycles. The van der Waals surface area contributed by atoms with Crippen LogP contribution in [-0.2, 0) is 4.74 Å². The Morgan fingerprint density at radius 3 is 2.95 bits per heavy atom. The standard InChI is InChI=1S/C13H18N2O3S/c1-3-18-13(17)12-15-10(7-19-12)11(16)14-8(2)6-9-4-5-9/h7-9H,3-6H2,1-2H3,(H,14,16). The summed E-state index contributed by atoms with van der Waals surface area (Å²) in [5, 5.41) is 4.72. The minimum absolute atomic E-state index is 0.146. The van der Waals surface area contributed by atoms with Crippen LogP contribution < -0.4 is 5.32 Å². The largest absolute Gasteiger partial charge is 0.461 e. The predicted octanol–water partition coefficient (Wildman–Crippen LogP) is 2.24. The molecule has 0 radical (unpaired) electrons. The summed E-state index contributed by atoms with van der Waals surface area (Å²) in [6.07, 6.45) is 3.55. The van der Waals surface area contributed by atoms with Gasteiger partial charge in [-0.15, -0.1) is 11.3 Å². The van der Waals surface area contributed by atoms with E-state index in [1.54, 1.807) is 12.3 Å². The highest BCUT2D eigenvalue weighted by molar-refractivity contribution is 7.11. The number of nitrogens with zero attached hydrogens (tertiary/aromatic N) is 1. The van der Waals surface area contributed by atoms with E-state index in [2.05, 4.69) is 10.3 Å². The Labute approximate surface area is 116 Å². The van der Waals surface area contributed by atoms with Crippen LogP contribution in [0.1, 0.15) is 53.4 Å². The molecular weight excluding hydrogens is 264 g/mol. The maximum Gasteiger partial charge on any atom is 0.367 e. The van der Waals surface area contributed by atoms with Gasteiger partial charge in [-0.25, -0.2) is 9.78 Å². The van der Waals surface area contributed by atoms with Crippen molar-refractivity contribution in [3.8, 4) is 0 Å². The number of rotatable bonds is 6. The molecule has 19 heavy (non-hydrogen) atoms.